The van der Waals surface area contributed by atoms with E-state index in [0.29, 0.717) is 22.7 Å². The van der Waals surface area contributed by atoms with Crippen LogP contribution in [0.15, 0.2) is 54.9 Å². The number of benzene rings is 1. The maximum absolute atomic E-state index is 12.8. The number of nitrogens with zero attached hydrogens (tertiary/aromatic N) is 2. The Morgan fingerprint density at radius 1 is 1.17 bits per heavy atom. The van der Waals surface area contributed by atoms with Gasteiger partial charge in [-0.1, -0.05) is 36.4 Å². The molecule has 8 nitrogen and oxygen atoms in total. The van der Waals surface area contributed by atoms with Crippen LogP contribution in [0.4, 0.5) is 0 Å². The van der Waals surface area contributed by atoms with Gasteiger partial charge < -0.3 is 21.0 Å². The minimum atomic E-state index is -1.23. The van der Waals surface area contributed by atoms with Crippen molar-refractivity contribution in [3.63, 3.8) is 0 Å². The van der Waals surface area contributed by atoms with Crippen LogP contribution < -0.4 is 11.1 Å². The Morgan fingerprint density at radius 3 is 2.45 bits per heavy atom. The van der Waals surface area contributed by atoms with Crippen molar-refractivity contribution in [2.45, 2.75) is 31.0 Å². The Morgan fingerprint density at radius 2 is 1.86 bits per heavy atom. The largest absolute Gasteiger partial charge is 0.394 e. The van der Waals surface area contributed by atoms with E-state index in [9.17, 15) is 19.5 Å². The van der Waals surface area contributed by atoms with Crippen molar-refractivity contribution in [2.75, 3.05) is 6.61 Å². The number of nitrogens with two attached hydrogens (primary N) is 1. The first-order valence-corrected chi connectivity index (χ1v) is 9.33. The Hall–Kier alpha value is -2.81. The van der Waals surface area contributed by atoms with Gasteiger partial charge in [0.05, 0.1) is 12.6 Å². The molecule has 0 spiro atoms. The van der Waals surface area contributed by atoms with Gasteiger partial charge in [-0.05, 0) is 23.6 Å². The van der Waals surface area contributed by atoms with Gasteiger partial charge >= 0.3 is 0 Å². The third-order valence-electron chi connectivity index (χ3n) is 4.26. The zero-order chi connectivity index (χ0) is 21.2. The third kappa shape index (κ3) is 6.63. The number of aliphatic hydroxyl groups excluding tert-OH is 1. The van der Waals surface area contributed by atoms with Crippen LogP contribution in [0.1, 0.15) is 11.1 Å². The molecular formula is C20H23ClN4O4. The van der Waals surface area contributed by atoms with Gasteiger partial charge in [0.2, 0.25) is 5.91 Å². The van der Waals surface area contributed by atoms with E-state index in [-0.39, 0.29) is 6.42 Å². The van der Waals surface area contributed by atoms with Crippen LogP contribution >= 0.6 is 11.8 Å². The fourth-order valence-electron chi connectivity index (χ4n) is 2.67. The van der Waals surface area contributed by atoms with Gasteiger partial charge in [-0.15, -0.1) is 0 Å². The van der Waals surface area contributed by atoms with Gasteiger partial charge in [-0.3, -0.25) is 14.6 Å². The molecule has 1 heterocycles. The smallest absolute Gasteiger partial charge is 0.260 e. The van der Waals surface area contributed by atoms with Gasteiger partial charge in [0, 0.05) is 30.6 Å². The normalized spacial score (nSPS) is 13.8. The topological polar surface area (TPSA) is 126 Å². The van der Waals surface area contributed by atoms with E-state index in [1.165, 1.54) is 0 Å². The summed E-state index contributed by atoms with van der Waals surface area (Å²) in [5, 5.41) is 11.8. The second-order valence-corrected chi connectivity index (χ2v) is 6.82. The van der Waals surface area contributed by atoms with Crippen molar-refractivity contribution in [1.29, 1.82) is 0 Å². The first-order valence-electron chi connectivity index (χ1n) is 9.00. The highest BCUT2D eigenvalue weighted by Crippen LogP contribution is 2.11. The predicted octanol–water partition coefficient (Wildman–Crippen LogP) is 0.221. The summed E-state index contributed by atoms with van der Waals surface area (Å²) in [7, 11) is 0. The third-order valence-corrected chi connectivity index (χ3v) is 4.68. The number of nitrogens with one attached hydrogen (secondary N) is 1. The highest BCUT2D eigenvalue weighted by Gasteiger charge is 2.31. The van der Waals surface area contributed by atoms with Gasteiger partial charge in [-0.25, -0.2) is 4.42 Å². The minimum Gasteiger partial charge on any atom is -0.394 e. The second kappa shape index (κ2) is 11.3. The number of aliphatic hydroxyl groups is 1. The van der Waals surface area contributed by atoms with Crippen molar-refractivity contribution in [3.8, 4) is 0 Å². The van der Waals surface area contributed by atoms with Crippen molar-refractivity contribution in [3.05, 3.63) is 66.0 Å². The fourth-order valence-corrected chi connectivity index (χ4v) is 2.90. The molecule has 0 bridgehead atoms. The lowest BCUT2D eigenvalue weighted by Gasteiger charge is -2.26. The lowest BCUT2D eigenvalue weighted by atomic mass is 10.0. The molecule has 154 valence electrons. The number of hydrogen-bond donors (Lipinski definition) is 3. The van der Waals surface area contributed by atoms with Crippen LogP contribution in [0.3, 0.4) is 0 Å². The molecule has 0 saturated carbocycles. The molecule has 2 rings (SSSR count). The summed E-state index contributed by atoms with van der Waals surface area (Å²) in [5.74, 6) is -1.27. The molecule has 0 radical (unpaired) electrons. The van der Waals surface area contributed by atoms with Gasteiger partial charge in [0.25, 0.3) is 5.91 Å². The number of carbonyl (C=O) groups is 3. The number of hydrogen-bond acceptors (Lipinski definition) is 6. The van der Waals surface area contributed by atoms with E-state index in [0.717, 1.165) is 5.56 Å². The second-order valence-electron chi connectivity index (χ2n) is 6.46. The number of carbonyl (C=O) groups excluding carboxylic acids is 3. The zero-order valence-corrected chi connectivity index (χ0v) is 16.4. The summed E-state index contributed by atoms with van der Waals surface area (Å²) in [6.45, 7) is -0.639. The zero-order valence-electron chi connectivity index (χ0n) is 15.6. The molecule has 2 aromatic rings. The predicted molar refractivity (Wildman–Crippen MR) is 108 cm³/mol. The molecule has 1 aromatic carbocycles. The molecule has 0 aliphatic heterocycles. The van der Waals surface area contributed by atoms with E-state index in [1.807, 2.05) is 30.3 Å². The summed E-state index contributed by atoms with van der Waals surface area (Å²) >= 11 is 5.95. The Kier molecular flexibility index (Phi) is 8.72. The molecule has 0 aliphatic carbocycles. The number of pyridine rings is 1. The van der Waals surface area contributed by atoms with Gasteiger partial charge in [0.1, 0.15) is 18.4 Å². The van der Waals surface area contributed by atoms with Crippen molar-refractivity contribution in [1.82, 2.24) is 14.7 Å². The molecule has 0 fully saturated rings. The maximum Gasteiger partial charge on any atom is 0.260 e. The molecule has 4 N–H and O–H groups in total. The van der Waals surface area contributed by atoms with Crippen LogP contribution in [-0.4, -0.2) is 57.3 Å². The monoisotopic (exact) mass is 418 g/mol. The maximum atomic E-state index is 12.8. The highest BCUT2D eigenvalue weighted by atomic mass is 35.5. The quantitative estimate of drug-likeness (QED) is 0.374. The SMILES string of the molecule is N[C@H](Cc1ccccc1)C(=O)N[C@H](Cc1cccnc1)C(=O)N(Cl)[C@H](C=O)CO. The molecular weight excluding hydrogens is 396 g/mol. The number of amides is 2. The van der Waals surface area contributed by atoms with Crippen LogP contribution in [-0.2, 0) is 27.2 Å². The summed E-state index contributed by atoms with van der Waals surface area (Å²) in [5.41, 5.74) is 7.56. The molecule has 2 amide bonds. The van der Waals surface area contributed by atoms with E-state index in [2.05, 4.69) is 10.3 Å². The van der Waals surface area contributed by atoms with E-state index >= 15 is 0 Å². The first-order chi connectivity index (χ1) is 14.0. The van der Waals surface area contributed by atoms with Crippen LogP contribution in [0.2, 0.25) is 0 Å². The summed E-state index contributed by atoms with van der Waals surface area (Å²) in [6, 6.07) is 9.48. The number of aldehydes is 1. The van der Waals surface area contributed by atoms with Crippen molar-refractivity contribution >= 4 is 29.9 Å². The molecule has 9 heteroatoms. The number of halogens is 1. The molecule has 0 aliphatic rings. The molecule has 29 heavy (non-hydrogen) atoms. The van der Waals surface area contributed by atoms with E-state index in [1.54, 1.807) is 24.5 Å². The summed E-state index contributed by atoms with van der Waals surface area (Å²) < 4.78 is 0.594. The minimum absolute atomic E-state index is 0.0939. The van der Waals surface area contributed by atoms with Crippen molar-refractivity contribution in [2.24, 2.45) is 5.73 Å². The highest BCUT2D eigenvalue weighted by molar-refractivity contribution is 6.23. The molecule has 0 unspecified atom stereocenters. The average molecular weight is 419 g/mol. The standard InChI is InChI=1S/C20H23ClN4O4/c21-25(16(12-26)13-27)20(29)18(10-15-7-4-8-23-11-15)24-19(28)17(22)9-14-5-2-1-3-6-14/h1-8,11-12,16-18,27H,9-10,13,22H2,(H,24,28)/t16-,17-,18-/m1/s1. The lowest BCUT2D eigenvalue weighted by molar-refractivity contribution is -0.136. The van der Waals surface area contributed by atoms with Crippen molar-refractivity contribution < 1.29 is 19.5 Å². The number of rotatable bonds is 10. The summed E-state index contributed by atoms with van der Waals surface area (Å²) in [6.07, 6.45) is 3.87. The van der Waals surface area contributed by atoms with Crippen LogP contribution in [0.25, 0.3) is 0 Å². The Balaban J connectivity index is 2.14. The van der Waals surface area contributed by atoms with Crippen LogP contribution in [0.5, 0.6) is 0 Å². The lowest BCUT2D eigenvalue weighted by Crippen LogP contribution is -2.54. The van der Waals surface area contributed by atoms with Gasteiger partial charge in [-0.2, -0.15) is 0 Å². The molecule has 1 aromatic heterocycles. The van der Waals surface area contributed by atoms with Crippen LogP contribution in [0, 0.1) is 0 Å². The summed E-state index contributed by atoms with van der Waals surface area (Å²) in [4.78, 5) is 40.4. The molecule has 0 saturated heterocycles. The van der Waals surface area contributed by atoms with E-state index in [4.69, 9.17) is 17.5 Å². The Bertz CT molecular complexity index is 807. The Labute approximate surface area is 173 Å². The van der Waals surface area contributed by atoms with Gasteiger partial charge in [0.15, 0.2) is 0 Å². The first kappa shape index (κ1) is 22.5. The fraction of sp³-hybridized carbons (Fsp3) is 0.300. The number of aromatic nitrogens is 1. The molecule has 3 atom stereocenters. The van der Waals surface area contributed by atoms with E-state index < -0.39 is 36.5 Å². The average Bonchev–Trinajstić information content (AvgIpc) is 2.74.